The SMILES string of the molecule is COc1ccc(C(CNC(=O)C(=O)Nc2ccc(C)c(C)c2)N2CCN(C)CC2)cc1. The van der Waals surface area contributed by atoms with E-state index in [0.717, 1.165) is 48.6 Å². The summed E-state index contributed by atoms with van der Waals surface area (Å²) in [6.45, 7) is 8.07. The highest BCUT2D eigenvalue weighted by Gasteiger charge is 2.25. The summed E-state index contributed by atoms with van der Waals surface area (Å²) in [7, 11) is 3.75. The second-order valence-corrected chi connectivity index (χ2v) is 8.09. The fourth-order valence-electron chi connectivity index (χ4n) is 3.69. The molecular formula is C24H32N4O3. The zero-order valence-electron chi connectivity index (χ0n) is 18.8. The summed E-state index contributed by atoms with van der Waals surface area (Å²) in [5.74, 6) is -0.501. The number of likely N-dealkylation sites (N-methyl/N-ethyl adjacent to an activating group) is 1. The van der Waals surface area contributed by atoms with Crippen LogP contribution >= 0.6 is 0 Å². The van der Waals surface area contributed by atoms with E-state index >= 15 is 0 Å². The Morgan fingerprint density at radius 2 is 1.65 bits per heavy atom. The highest BCUT2D eigenvalue weighted by atomic mass is 16.5. The normalized spacial score (nSPS) is 15.9. The van der Waals surface area contributed by atoms with Crippen LogP contribution < -0.4 is 15.4 Å². The zero-order valence-corrected chi connectivity index (χ0v) is 18.8. The molecule has 1 fully saturated rings. The van der Waals surface area contributed by atoms with Crippen LogP contribution in [0.2, 0.25) is 0 Å². The van der Waals surface area contributed by atoms with Crippen LogP contribution in [0.15, 0.2) is 42.5 Å². The third kappa shape index (κ3) is 6.06. The minimum Gasteiger partial charge on any atom is -0.497 e. The molecule has 0 spiro atoms. The van der Waals surface area contributed by atoms with E-state index in [-0.39, 0.29) is 6.04 Å². The molecule has 1 unspecified atom stereocenters. The van der Waals surface area contributed by atoms with Gasteiger partial charge in [-0.2, -0.15) is 0 Å². The van der Waals surface area contributed by atoms with Gasteiger partial charge in [0.15, 0.2) is 0 Å². The van der Waals surface area contributed by atoms with E-state index in [4.69, 9.17) is 4.74 Å². The van der Waals surface area contributed by atoms with E-state index in [0.29, 0.717) is 12.2 Å². The Kier molecular flexibility index (Phi) is 7.65. The minimum absolute atomic E-state index is 0.0158. The number of benzene rings is 2. The predicted octanol–water partition coefficient (Wildman–Crippen LogP) is 2.36. The molecule has 31 heavy (non-hydrogen) atoms. The zero-order chi connectivity index (χ0) is 22.4. The first-order valence-electron chi connectivity index (χ1n) is 10.6. The second kappa shape index (κ2) is 10.4. The van der Waals surface area contributed by atoms with Gasteiger partial charge in [-0.3, -0.25) is 14.5 Å². The first kappa shape index (κ1) is 22.8. The van der Waals surface area contributed by atoms with Crippen LogP contribution in [0.1, 0.15) is 22.7 Å². The van der Waals surface area contributed by atoms with Crippen LogP contribution in [-0.2, 0) is 9.59 Å². The Hall–Kier alpha value is -2.90. The van der Waals surface area contributed by atoms with Gasteiger partial charge in [0.05, 0.1) is 13.2 Å². The molecule has 2 amide bonds. The summed E-state index contributed by atoms with van der Waals surface area (Å²) >= 11 is 0. The molecule has 2 N–H and O–H groups in total. The minimum atomic E-state index is -0.657. The van der Waals surface area contributed by atoms with E-state index in [1.165, 1.54) is 0 Å². The highest BCUT2D eigenvalue weighted by Crippen LogP contribution is 2.24. The van der Waals surface area contributed by atoms with Gasteiger partial charge in [-0.25, -0.2) is 0 Å². The molecule has 3 rings (SSSR count). The van der Waals surface area contributed by atoms with E-state index in [9.17, 15) is 9.59 Å². The Labute approximate surface area is 184 Å². The Morgan fingerprint density at radius 1 is 0.968 bits per heavy atom. The molecule has 0 radical (unpaired) electrons. The first-order valence-corrected chi connectivity index (χ1v) is 10.6. The maximum Gasteiger partial charge on any atom is 0.313 e. The van der Waals surface area contributed by atoms with Gasteiger partial charge in [0, 0.05) is 38.4 Å². The van der Waals surface area contributed by atoms with Gasteiger partial charge in [0.25, 0.3) is 0 Å². The topological polar surface area (TPSA) is 73.9 Å². The lowest BCUT2D eigenvalue weighted by Crippen LogP contribution is -2.49. The molecule has 0 saturated carbocycles. The van der Waals surface area contributed by atoms with Crippen LogP contribution in [0.3, 0.4) is 0 Å². The molecule has 0 bridgehead atoms. The smallest absolute Gasteiger partial charge is 0.313 e. The number of carbonyl (C=O) groups excluding carboxylic acids is 2. The summed E-state index contributed by atoms with van der Waals surface area (Å²) in [5, 5.41) is 5.51. The molecule has 7 nitrogen and oxygen atoms in total. The third-order valence-corrected chi connectivity index (χ3v) is 5.91. The van der Waals surface area contributed by atoms with E-state index in [2.05, 4.69) is 27.5 Å². The summed E-state index contributed by atoms with van der Waals surface area (Å²) in [5.41, 5.74) is 3.90. The molecule has 1 aliphatic rings. The standard InChI is InChI=1S/C24H32N4O3/c1-17-5-8-20(15-18(17)2)26-24(30)23(29)25-16-22(28-13-11-27(3)12-14-28)19-6-9-21(31-4)10-7-19/h5-10,15,22H,11-14,16H2,1-4H3,(H,25,29)(H,26,30). The van der Waals surface area contributed by atoms with Crippen molar-refractivity contribution in [2.75, 3.05) is 52.2 Å². The van der Waals surface area contributed by atoms with Crippen molar-refractivity contribution in [1.29, 1.82) is 0 Å². The lowest BCUT2D eigenvalue weighted by molar-refractivity contribution is -0.136. The summed E-state index contributed by atoms with van der Waals surface area (Å²) < 4.78 is 5.27. The molecule has 2 aromatic carbocycles. The monoisotopic (exact) mass is 424 g/mol. The molecule has 2 aromatic rings. The fraction of sp³-hybridized carbons (Fsp3) is 0.417. The largest absolute Gasteiger partial charge is 0.497 e. The van der Waals surface area contributed by atoms with Crippen LogP contribution in [0.25, 0.3) is 0 Å². The predicted molar refractivity (Wildman–Crippen MR) is 122 cm³/mol. The van der Waals surface area contributed by atoms with E-state index < -0.39 is 11.8 Å². The van der Waals surface area contributed by atoms with Gasteiger partial charge in [-0.1, -0.05) is 18.2 Å². The lowest BCUT2D eigenvalue weighted by Gasteiger charge is -2.38. The quantitative estimate of drug-likeness (QED) is 0.697. The van der Waals surface area contributed by atoms with Gasteiger partial charge >= 0.3 is 11.8 Å². The maximum absolute atomic E-state index is 12.5. The molecule has 0 aliphatic carbocycles. The van der Waals surface area contributed by atoms with Gasteiger partial charge in [-0.05, 0) is 61.9 Å². The number of aryl methyl sites for hydroxylation is 2. The molecule has 1 heterocycles. The van der Waals surface area contributed by atoms with Crippen molar-refractivity contribution >= 4 is 17.5 Å². The molecule has 166 valence electrons. The fourth-order valence-corrected chi connectivity index (χ4v) is 3.69. The van der Waals surface area contributed by atoms with Crippen LogP contribution in [0, 0.1) is 13.8 Å². The number of nitrogens with zero attached hydrogens (tertiary/aromatic N) is 2. The number of ether oxygens (including phenoxy) is 1. The molecule has 1 saturated heterocycles. The van der Waals surface area contributed by atoms with Crippen LogP contribution in [0.4, 0.5) is 5.69 Å². The first-order chi connectivity index (χ1) is 14.9. The van der Waals surface area contributed by atoms with Gasteiger partial charge in [0.2, 0.25) is 0 Å². The number of piperazine rings is 1. The third-order valence-electron chi connectivity index (χ3n) is 5.91. The average Bonchev–Trinajstić information content (AvgIpc) is 2.77. The number of hydrogen-bond donors (Lipinski definition) is 2. The van der Waals surface area contributed by atoms with Crippen molar-refractivity contribution < 1.29 is 14.3 Å². The van der Waals surface area contributed by atoms with Gasteiger partial charge in [-0.15, -0.1) is 0 Å². The second-order valence-electron chi connectivity index (χ2n) is 8.09. The van der Waals surface area contributed by atoms with Gasteiger partial charge < -0.3 is 20.3 Å². The maximum atomic E-state index is 12.5. The number of methoxy groups -OCH3 is 1. The number of hydrogen-bond acceptors (Lipinski definition) is 5. The Bertz CT molecular complexity index is 906. The number of amides is 2. The molecule has 0 aromatic heterocycles. The van der Waals surface area contributed by atoms with E-state index in [1.807, 2.05) is 50.2 Å². The lowest BCUT2D eigenvalue weighted by atomic mass is 10.0. The van der Waals surface area contributed by atoms with Crippen molar-refractivity contribution in [2.45, 2.75) is 19.9 Å². The summed E-state index contributed by atoms with van der Waals surface area (Å²) in [6.07, 6.45) is 0. The number of rotatable bonds is 6. The van der Waals surface area contributed by atoms with Gasteiger partial charge in [0.1, 0.15) is 5.75 Å². The number of anilines is 1. The van der Waals surface area contributed by atoms with E-state index in [1.54, 1.807) is 13.2 Å². The van der Waals surface area contributed by atoms with Crippen molar-refractivity contribution in [3.63, 3.8) is 0 Å². The summed E-state index contributed by atoms with van der Waals surface area (Å²) in [4.78, 5) is 29.5. The summed E-state index contributed by atoms with van der Waals surface area (Å²) in [6, 6.07) is 13.5. The molecule has 1 atom stereocenters. The Morgan fingerprint density at radius 3 is 2.26 bits per heavy atom. The molecule has 7 heteroatoms. The number of carbonyl (C=O) groups is 2. The highest BCUT2D eigenvalue weighted by molar-refractivity contribution is 6.39. The van der Waals surface area contributed by atoms with Crippen molar-refractivity contribution in [2.24, 2.45) is 0 Å². The number of nitrogens with one attached hydrogen (secondary N) is 2. The van der Waals surface area contributed by atoms with Crippen molar-refractivity contribution in [3.8, 4) is 5.75 Å². The average molecular weight is 425 g/mol. The van der Waals surface area contributed by atoms with Crippen LogP contribution in [0.5, 0.6) is 5.75 Å². The van der Waals surface area contributed by atoms with Crippen molar-refractivity contribution in [3.05, 3.63) is 59.2 Å². The molecular weight excluding hydrogens is 392 g/mol. The van der Waals surface area contributed by atoms with Crippen LogP contribution in [-0.4, -0.2) is 68.5 Å². The molecule has 1 aliphatic heterocycles. The Balaban J connectivity index is 1.66. The van der Waals surface area contributed by atoms with Crippen molar-refractivity contribution in [1.82, 2.24) is 15.1 Å².